The molecule has 0 aliphatic heterocycles. The summed E-state index contributed by atoms with van der Waals surface area (Å²) in [5.41, 5.74) is 1.30. The molecule has 0 heterocycles. The van der Waals surface area contributed by atoms with Crippen LogP contribution >= 0.6 is 0 Å². The predicted octanol–water partition coefficient (Wildman–Crippen LogP) is 5.70. The van der Waals surface area contributed by atoms with Crippen LogP contribution in [-0.2, 0) is 19.2 Å². The van der Waals surface area contributed by atoms with Gasteiger partial charge >= 0.3 is 23.9 Å². The highest BCUT2D eigenvalue weighted by Crippen LogP contribution is 2.33. The van der Waals surface area contributed by atoms with Crippen LogP contribution in [0, 0.1) is 0 Å². The molecule has 0 spiro atoms. The molecule has 0 aliphatic rings. The van der Waals surface area contributed by atoms with E-state index in [1.165, 1.54) is 58.0 Å². The van der Waals surface area contributed by atoms with Gasteiger partial charge in [0.15, 0.2) is 23.0 Å². The predicted molar refractivity (Wildman–Crippen MR) is 149 cm³/mol. The van der Waals surface area contributed by atoms with Gasteiger partial charge in [-0.1, -0.05) is 38.5 Å². The summed E-state index contributed by atoms with van der Waals surface area (Å²) >= 11 is 0. The maximum absolute atomic E-state index is 12.1. The van der Waals surface area contributed by atoms with Crippen molar-refractivity contribution in [3.63, 3.8) is 0 Å². The van der Waals surface area contributed by atoms with E-state index < -0.39 is 23.9 Å². The van der Waals surface area contributed by atoms with Crippen molar-refractivity contribution in [3.8, 4) is 28.7 Å². The minimum Gasteiger partial charge on any atom is -0.486 e. The second-order valence-electron chi connectivity index (χ2n) is 8.71. The van der Waals surface area contributed by atoms with Crippen LogP contribution in [0.3, 0.4) is 0 Å². The standard InChI is InChI=1S/C31H30O9/c1-18(2)28(32)37-23-12-14-24(27(17-23)40-31(35)21(7)8)36-15-9-10-22-11-13-25(38-29(33)19(3)4)26(16-22)39-30(34)20(5)6/h9-14,16-17H,1,3,5,7,15H2,2,4,6,8H3. The first-order valence-electron chi connectivity index (χ1n) is 11.9. The number of rotatable bonds is 12. The van der Waals surface area contributed by atoms with Crippen molar-refractivity contribution in [2.24, 2.45) is 0 Å². The largest absolute Gasteiger partial charge is 0.486 e. The summed E-state index contributed by atoms with van der Waals surface area (Å²) in [5.74, 6) is -2.29. The summed E-state index contributed by atoms with van der Waals surface area (Å²) < 4.78 is 26.9. The topological polar surface area (TPSA) is 114 Å². The molecular weight excluding hydrogens is 516 g/mol. The van der Waals surface area contributed by atoms with Crippen LogP contribution in [0.4, 0.5) is 0 Å². The Morgan fingerprint density at radius 3 is 1.57 bits per heavy atom. The van der Waals surface area contributed by atoms with Gasteiger partial charge in [0.05, 0.1) is 0 Å². The first-order valence-corrected chi connectivity index (χ1v) is 11.9. The van der Waals surface area contributed by atoms with Crippen molar-refractivity contribution in [2.45, 2.75) is 27.7 Å². The fraction of sp³-hybridized carbons (Fsp3) is 0.161. The molecule has 0 radical (unpaired) electrons. The summed E-state index contributed by atoms with van der Waals surface area (Å²) in [4.78, 5) is 48.0. The van der Waals surface area contributed by atoms with Crippen LogP contribution in [-0.4, -0.2) is 30.5 Å². The molecule has 0 aromatic heterocycles. The normalized spacial score (nSPS) is 10.3. The van der Waals surface area contributed by atoms with Crippen molar-refractivity contribution in [1.82, 2.24) is 0 Å². The lowest BCUT2D eigenvalue weighted by molar-refractivity contribution is -0.132. The van der Waals surface area contributed by atoms with Crippen molar-refractivity contribution in [1.29, 1.82) is 0 Å². The molecule has 208 valence electrons. The summed E-state index contributed by atoms with van der Waals surface area (Å²) in [7, 11) is 0. The maximum atomic E-state index is 12.1. The quantitative estimate of drug-likeness (QED) is 0.188. The number of carbonyl (C=O) groups excluding carboxylic acids is 4. The monoisotopic (exact) mass is 546 g/mol. The average molecular weight is 547 g/mol. The van der Waals surface area contributed by atoms with Crippen LogP contribution in [0.1, 0.15) is 33.3 Å². The Kier molecular flexibility index (Phi) is 10.9. The van der Waals surface area contributed by atoms with E-state index in [1.54, 1.807) is 18.2 Å². The zero-order valence-corrected chi connectivity index (χ0v) is 22.8. The molecule has 0 bridgehead atoms. The van der Waals surface area contributed by atoms with Gasteiger partial charge in [-0.2, -0.15) is 0 Å². The molecular formula is C31H30O9. The third-order valence-electron chi connectivity index (χ3n) is 4.74. The number of ether oxygens (including phenoxy) is 5. The Balaban J connectivity index is 2.24. The second kappa shape index (κ2) is 14.1. The Hall–Kier alpha value is -5.18. The summed E-state index contributed by atoms with van der Waals surface area (Å²) in [6.07, 6.45) is 3.32. The first-order chi connectivity index (χ1) is 18.8. The zero-order chi connectivity index (χ0) is 30.0. The molecule has 0 fully saturated rings. The SMILES string of the molecule is C=C(C)C(=O)Oc1ccc(OCC=Cc2ccc(OC(=O)C(=C)C)c(OC(=O)C(=C)C)c2)c(OC(=O)C(=C)C)c1. The molecule has 2 rings (SSSR count). The molecule has 0 aliphatic carbocycles. The van der Waals surface area contributed by atoms with E-state index in [2.05, 4.69) is 26.3 Å². The van der Waals surface area contributed by atoms with Crippen molar-refractivity contribution >= 4 is 30.0 Å². The van der Waals surface area contributed by atoms with E-state index in [1.807, 2.05) is 0 Å². The Morgan fingerprint density at radius 1 is 0.600 bits per heavy atom. The summed E-state index contributed by atoms with van der Waals surface area (Å²) in [5, 5.41) is 0. The fourth-order valence-corrected chi connectivity index (χ4v) is 2.62. The molecule has 2 aromatic rings. The molecule has 0 N–H and O–H groups in total. The van der Waals surface area contributed by atoms with E-state index in [9.17, 15) is 19.2 Å². The van der Waals surface area contributed by atoms with Crippen LogP contribution < -0.4 is 23.7 Å². The molecule has 0 atom stereocenters. The van der Waals surface area contributed by atoms with E-state index in [0.29, 0.717) is 5.56 Å². The number of hydrogen-bond acceptors (Lipinski definition) is 9. The third-order valence-corrected chi connectivity index (χ3v) is 4.74. The van der Waals surface area contributed by atoms with Gasteiger partial charge < -0.3 is 23.7 Å². The number of benzene rings is 2. The van der Waals surface area contributed by atoms with Gasteiger partial charge in [0.25, 0.3) is 0 Å². The van der Waals surface area contributed by atoms with Gasteiger partial charge in [-0.15, -0.1) is 0 Å². The van der Waals surface area contributed by atoms with E-state index >= 15 is 0 Å². The van der Waals surface area contributed by atoms with Gasteiger partial charge in [-0.05, 0) is 63.6 Å². The van der Waals surface area contributed by atoms with E-state index in [-0.39, 0.29) is 57.6 Å². The molecule has 2 aromatic carbocycles. The average Bonchev–Trinajstić information content (AvgIpc) is 2.88. The van der Waals surface area contributed by atoms with Crippen LogP contribution in [0.15, 0.2) is 91.1 Å². The molecule has 0 unspecified atom stereocenters. The molecule has 40 heavy (non-hydrogen) atoms. The molecule has 0 amide bonds. The fourth-order valence-electron chi connectivity index (χ4n) is 2.62. The molecule has 9 heteroatoms. The zero-order valence-electron chi connectivity index (χ0n) is 22.8. The third kappa shape index (κ3) is 9.29. The lowest BCUT2D eigenvalue weighted by atomic mass is 10.2. The highest BCUT2D eigenvalue weighted by Gasteiger charge is 2.16. The maximum Gasteiger partial charge on any atom is 0.338 e. The second-order valence-corrected chi connectivity index (χ2v) is 8.71. The van der Waals surface area contributed by atoms with Crippen LogP contribution in [0.2, 0.25) is 0 Å². The van der Waals surface area contributed by atoms with Crippen LogP contribution in [0.5, 0.6) is 28.7 Å². The Labute approximate surface area is 232 Å². The number of esters is 4. The lowest BCUT2D eigenvalue weighted by Gasteiger charge is -2.13. The highest BCUT2D eigenvalue weighted by atomic mass is 16.6. The van der Waals surface area contributed by atoms with Gasteiger partial charge in [0, 0.05) is 28.4 Å². The van der Waals surface area contributed by atoms with Gasteiger partial charge in [-0.3, -0.25) is 0 Å². The van der Waals surface area contributed by atoms with Crippen molar-refractivity contribution in [2.75, 3.05) is 6.61 Å². The van der Waals surface area contributed by atoms with E-state index in [4.69, 9.17) is 23.7 Å². The molecule has 0 saturated heterocycles. The number of hydrogen-bond donors (Lipinski definition) is 0. The minimum atomic E-state index is -0.689. The van der Waals surface area contributed by atoms with Gasteiger partial charge in [0.1, 0.15) is 12.4 Å². The van der Waals surface area contributed by atoms with Gasteiger partial charge in [-0.25, -0.2) is 19.2 Å². The highest BCUT2D eigenvalue weighted by molar-refractivity contribution is 5.91. The Morgan fingerprint density at radius 2 is 1.05 bits per heavy atom. The molecule has 0 saturated carbocycles. The molecule has 9 nitrogen and oxygen atoms in total. The lowest BCUT2D eigenvalue weighted by Crippen LogP contribution is -2.12. The van der Waals surface area contributed by atoms with Gasteiger partial charge in [0.2, 0.25) is 0 Å². The smallest absolute Gasteiger partial charge is 0.338 e. The Bertz CT molecular complexity index is 1430. The minimum absolute atomic E-state index is 0.0135. The van der Waals surface area contributed by atoms with Crippen LogP contribution in [0.25, 0.3) is 6.08 Å². The summed E-state index contributed by atoms with van der Waals surface area (Å²) in [6, 6.07) is 8.92. The summed E-state index contributed by atoms with van der Waals surface area (Å²) in [6.45, 7) is 20.2. The van der Waals surface area contributed by atoms with E-state index in [0.717, 1.165) is 0 Å². The van der Waals surface area contributed by atoms with Crippen molar-refractivity contribution in [3.05, 3.63) is 96.6 Å². The van der Waals surface area contributed by atoms with Crippen molar-refractivity contribution < 1.29 is 42.9 Å². The first kappa shape index (κ1) is 31.0. The number of carbonyl (C=O) groups is 4.